The lowest BCUT2D eigenvalue weighted by Gasteiger charge is -2.34. The number of benzene rings is 1. The van der Waals surface area contributed by atoms with Gasteiger partial charge in [0, 0.05) is 22.7 Å². The van der Waals surface area contributed by atoms with Gasteiger partial charge in [-0.3, -0.25) is 14.9 Å². The van der Waals surface area contributed by atoms with E-state index in [2.05, 4.69) is 21.2 Å². The summed E-state index contributed by atoms with van der Waals surface area (Å²) in [5, 5.41) is 2.43. The van der Waals surface area contributed by atoms with Gasteiger partial charge < -0.3 is 0 Å². The summed E-state index contributed by atoms with van der Waals surface area (Å²) >= 11 is 3.34. The van der Waals surface area contributed by atoms with Gasteiger partial charge in [-0.2, -0.15) is 0 Å². The minimum Gasteiger partial charge on any atom is -0.296 e. The number of hydrogen-bond acceptors (Lipinski definition) is 2. The second kappa shape index (κ2) is 5.87. The van der Waals surface area contributed by atoms with Crippen LogP contribution in [0.5, 0.6) is 0 Å². The number of imide groups is 1. The van der Waals surface area contributed by atoms with Crippen molar-refractivity contribution in [3.8, 4) is 0 Å². The number of carbonyl (C=O) groups is 2. The number of nitrogens with one attached hydrogen (secondary N) is 1. The van der Waals surface area contributed by atoms with Gasteiger partial charge in [0.25, 0.3) is 0 Å². The number of amides is 2. The van der Waals surface area contributed by atoms with E-state index in [4.69, 9.17) is 0 Å². The van der Waals surface area contributed by atoms with Gasteiger partial charge in [0.15, 0.2) is 0 Å². The minimum atomic E-state index is -0.355. The Morgan fingerprint density at radius 1 is 1.19 bits per heavy atom. The number of rotatable bonds is 2. The Kier molecular flexibility index (Phi) is 4.11. The Labute approximate surface area is 131 Å². The van der Waals surface area contributed by atoms with Gasteiger partial charge in [-0.05, 0) is 42.5 Å². The molecule has 1 N–H and O–H groups in total. The van der Waals surface area contributed by atoms with Crippen molar-refractivity contribution in [2.24, 2.45) is 11.8 Å². The van der Waals surface area contributed by atoms with E-state index in [0.29, 0.717) is 5.56 Å². The van der Waals surface area contributed by atoms with Crippen LogP contribution in [0.25, 0.3) is 0 Å². The predicted molar refractivity (Wildman–Crippen MR) is 80.1 cm³/mol. The fraction of sp³-hybridized carbons (Fsp3) is 0.500. The highest BCUT2D eigenvalue weighted by Gasteiger charge is 2.43. The van der Waals surface area contributed by atoms with Crippen LogP contribution in [0.2, 0.25) is 0 Å². The van der Waals surface area contributed by atoms with Crippen LogP contribution in [0.15, 0.2) is 22.7 Å². The SMILES string of the molecule is O=C1CC(c2cc(Br)ccc2F)C(C2CCCC2)C(=O)N1. The average molecular weight is 354 g/mol. The molecule has 0 radical (unpaired) electrons. The van der Waals surface area contributed by atoms with E-state index in [1.165, 1.54) is 6.07 Å². The zero-order valence-electron chi connectivity index (χ0n) is 11.6. The van der Waals surface area contributed by atoms with E-state index in [1.54, 1.807) is 12.1 Å². The maximum atomic E-state index is 14.2. The van der Waals surface area contributed by atoms with Gasteiger partial charge in [0.1, 0.15) is 5.82 Å². The Balaban J connectivity index is 2.00. The third-order valence-electron chi connectivity index (χ3n) is 4.67. The Morgan fingerprint density at radius 2 is 1.90 bits per heavy atom. The lowest BCUT2D eigenvalue weighted by atomic mass is 9.73. The Hall–Kier alpha value is -1.23. The summed E-state index contributed by atoms with van der Waals surface area (Å²) in [6.45, 7) is 0. The van der Waals surface area contributed by atoms with E-state index in [0.717, 1.165) is 30.2 Å². The van der Waals surface area contributed by atoms with Crippen LogP contribution in [-0.4, -0.2) is 11.8 Å². The highest BCUT2D eigenvalue weighted by atomic mass is 79.9. The molecule has 0 spiro atoms. The summed E-state index contributed by atoms with van der Waals surface area (Å²) in [5.41, 5.74) is 0.476. The number of carbonyl (C=O) groups excluding carboxylic acids is 2. The van der Waals surface area contributed by atoms with Crippen LogP contribution >= 0.6 is 15.9 Å². The van der Waals surface area contributed by atoms with Crippen molar-refractivity contribution in [2.75, 3.05) is 0 Å². The molecule has 0 bridgehead atoms. The third kappa shape index (κ3) is 2.89. The highest BCUT2D eigenvalue weighted by molar-refractivity contribution is 9.10. The number of halogens is 2. The van der Waals surface area contributed by atoms with Gasteiger partial charge in [-0.25, -0.2) is 4.39 Å². The summed E-state index contributed by atoms with van der Waals surface area (Å²) in [6.07, 6.45) is 4.36. The van der Waals surface area contributed by atoms with E-state index in [9.17, 15) is 14.0 Å². The van der Waals surface area contributed by atoms with Crippen LogP contribution in [0.3, 0.4) is 0 Å². The summed E-state index contributed by atoms with van der Waals surface area (Å²) in [7, 11) is 0. The molecule has 3 rings (SSSR count). The molecule has 5 heteroatoms. The van der Waals surface area contributed by atoms with Crippen LogP contribution in [0, 0.1) is 17.7 Å². The standard InChI is InChI=1S/C16H17BrFNO2/c17-10-5-6-13(18)11(7-10)12-8-14(20)19-16(21)15(12)9-3-1-2-4-9/h5-7,9,12,15H,1-4,8H2,(H,19,20,21). The molecular formula is C16H17BrFNO2. The molecule has 2 fully saturated rings. The first-order valence-electron chi connectivity index (χ1n) is 7.35. The van der Waals surface area contributed by atoms with Crippen molar-refractivity contribution in [3.05, 3.63) is 34.1 Å². The van der Waals surface area contributed by atoms with Crippen molar-refractivity contribution < 1.29 is 14.0 Å². The third-order valence-corrected chi connectivity index (χ3v) is 5.16. The summed E-state index contributed by atoms with van der Waals surface area (Å²) < 4.78 is 15.0. The molecule has 1 aliphatic heterocycles. The molecule has 2 unspecified atom stereocenters. The molecule has 1 heterocycles. The number of hydrogen-bond donors (Lipinski definition) is 1. The van der Waals surface area contributed by atoms with Gasteiger partial charge >= 0.3 is 0 Å². The van der Waals surface area contributed by atoms with Crippen LogP contribution in [0.1, 0.15) is 43.6 Å². The van der Waals surface area contributed by atoms with Gasteiger partial charge in [0.2, 0.25) is 11.8 Å². The normalized spacial score (nSPS) is 27.0. The summed E-state index contributed by atoms with van der Waals surface area (Å²) in [4.78, 5) is 24.1. The van der Waals surface area contributed by atoms with Gasteiger partial charge in [-0.15, -0.1) is 0 Å². The lowest BCUT2D eigenvalue weighted by Crippen LogP contribution is -2.47. The van der Waals surface area contributed by atoms with Crippen molar-refractivity contribution >= 4 is 27.7 Å². The zero-order valence-corrected chi connectivity index (χ0v) is 13.2. The van der Waals surface area contributed by atoms with Crippen molar-refractivity contribution in [2.45, 2.75) is 38.0 Å². The van der Waals surface area contributed by atoms with Gasteiger partial charge in [0.05, 0.1) is 0 Å². The van der Waals surface area contributed by atoms with Crippen LogP contribution < -0.4 is 5.32 Å². The molecule has 2 amide bonds. The molecule has 1 aromatic carbocycles. The van der Waals surface area contributed by atoms with E-state index >= 15 is 0 Å². The Bertz CT molecular complexity index is 584. The number of piperidine rings is 1. The highest BCUT2D eigenvalue weighted by Crippen LogP contribution is 2.43. The summed E-state index contributed by atoms with van der Waals surface area (Å²) in [6, 6.07) is 4.73. The predicted octanol–water partition coefficient (Wildman–Crippen LogP) is 3.52. The van der Waals surface area contributed by atoms with E-state index in [-0.39, 0.29) is 41.8 Å². The monoisotopic (exact) mass is 353 g/mol. The average Bonchev–Trinajstić information content (AvgIpc) is 2.94. The molecule has 2 atom stereocenters. The van der Waals surface area contributed by atoms with E-state index < -0.39 is 0 Å². The maximum Gasteiger partial charge on any atom is 0.230 e. The molecule has 1 aromatic rings. The zero-order chi connectivity index (χ0) is 15.0. The molecule has 1 aliphatic carbocycles. The first kappa shape index (κ1) is 14.7. The second-order valence-electron chi connectivity index (χ2n) is 5.96. The molecule has 21 heavy (non-hydrogen) atoms. The second-order valence-corrected chi connectivity index (χ2v) is 6.87. The molecule has 2 aliphatic rings. The minimum absolute atomic E-state index is 0.181. The van der Waals surface area contributed by atoms with Crippen LogP contribution in [0.4, 0.5) is 4.39 Å². The fourth-order valence-corrected chi connectivity index (χ4v) is 4.12. The molecule has 3 nitrogen and oxygen atoms in total. The molecule has 0 aromatic heterocycles. The molecule has 1 saturated carbocycles. The first-order chi connectivity index (χ1) is 10.1. The van der Waals surface area contributed by atoms with Gasteiger partial charge in [-0.1, -0.05) is 28.8 Å². The van der Waals surface area contributed by atoms with E-state index in [1.807, 2.05) is 0 Å². The molecular weight excluding hydrogens is 337 g/mol. The lowest BCUT2D eigenvalue weighted by molar-refractivity contribution is -0.138. The largest absolute Gasteiger partial charge is 0.296 e. The van der Waals surface area contributed by atoms with Crippen LogP contribution in [-0.2, 0) is 9.59 Å². The quantitative estimate of drug-likeness (QED) is 0.826. The molecule has 1 saturated heterocycles. The van der Waals surface area contributed by atoms with Crippen molar-refractivity contribution in [3.63, 3.8) is 0 Å². The van der Waals surface area contributed by atoms with Crippen molar-refractivity contribution in [1.82, 2.24) is 5.32 Å². The summed E-state index contributed by atoms with van der Waals surface area (Å²) in [5.74, 6) is -1.28. The first-order valence-corrected chi connectivity index (χ1v) is 8.14. The maximum absolute atomic E-state index is 14.2. The fourth-order valence-electron chi connectivity index (χ4n) is 3.74. The van der Waals surface area contributed by atoms with Crippen molar-refractivity contribution in [1.29, 1.82) is 0 Å². The Morgan fingerprint density at radius 3 is 2.62 bits per heavy atom. The topological polar surface area (TPSA) is 46.2 Å². The smallest absolute Gasteiger partial charge is 0.230 e. The molecule has 112 valence electrons.